The van der Waals surface area contributed by atoms with Gasteiger partial charge in [-0.15, -0.1) is 0 Å². The molecule has 1 atom stereocenters. The maximum atomic E-state index is 13.6. The van der Waals surface area contributed by atoms with Crippen molar-refractivity contribution in [3.8, 4) is 5.75 Å². The van der Waals surface area contributed by atoms with Crippen LogP contribution in [0.1, 0.15) is 24.4 Å². The van der Waals surface area contributed by atoms with Gasteiger partial charge in [0.15, 0.2) is 9.84 Å². The maximum absolute atomic E-state index is 13.6. The SMILES string of the molecule is COc1c(C2CCCN2)cc(F)cc1S(C)(=O)=O. The third kappa shape index (κ3) is 2.49. The third-order valence-corrected chi connectivity index (χ3v) is 4.19. The molecule has 0 aromatic heterocycles. The monoisotopic (exact) mass is 273 g/mol. The molecule has 1 aliphatic rings. The van der Waals surface area contributed by atoms with Crippen LogP contribution in [0.2, 0.25) is 0 Å². The summed E-state index contributed by atoms with van der Waals surface area (Å²) in [5.74, 6) is -0.307. The highest BCUT2D eigenvalue weighted by atomic mass is 32.2. The van der Waals surface area contributed by atoms with E-state index in [1.165, 1.54) is 13.2 Å². The largest absolute Gasteiger partial charge is 0.495 e. The molecule has 0 spiro atoms. The van der Waals surface area contributed by atoms with Crippen molar-refractivity contribution in [3.05, 3.63) is 23.5 Å². The van der Waals surface area contributed by atoms with Gasteiger partial charge in [-0.25, -0.2) is 12.8 Å². The summed E-state index contributed by atoms with van der Waals surface area (Å²) < 4.78 is 42.1. The molecule has 4 nitrogen and oxygen atoms in total. The minimum absolute atomic E-state index is 0.0452. The Kier molecular flexibility index (Phi) is 3.59. The smallest absolute Gasteiger partial charge is 0.179 e. The number of sulfone groups is 1. The summed E-state index contributed by atoms with van der Waals surface area (Å²) in [6.45, 7) is 0.846. The molecule has 0 radical (unpaired) electrons. The Labute approximate surface area is 106 Å². The number of rotatable bonds is 3. The van der Waals surface area contributed by atoms with Crippen LogP contribution in [0.15, 0.2) is 17.0 Å². The number of halogens is 1. The van der Waals surface area contributed by atoms with Crippen LogP contribution in [0.4, 0.5) is 4.39 Å². The van der Waals surface area contributed by atoms with Crippen molar-refractivity contribution in [2.24, 2.45) is 0 Å². The molecule has 1 unspecified atom stereocenters. The minimum Gasteiger partial charge on any atom is -0.495 e. The zero-order valence-electron chi connectivity index (χ0n) is 10.4. The fourth-order valence-electron chi connectivity index (χ4n) is 2.29. The lowest BCUT2D eigenvalue weighted by Gasteiger charge is -2.17. The number of hydrogen-bond acceptors (Lipinski definition) is 4. The number of nitrogens with one attached hydrogen (secondary N) is 1. The summed E-state index contributed by atoms with van der Waals surface area (Å²) in [6.07, 6.45) is 2.89. The second-order valence-corrected chi connectivity index (χ2v) is 6.43. The summed E-state index contributed by atoms with van der Waals surface area (Å²) in [7, 11) is -2.11. The van der Waals surface area contributed by atoms with Crippen LogP contribution in [0.5, 0.6) is 5.75 Å². The first kappa shape index (κ1) is 13.3. The van der Waals surface area contributed by atoms with Gasteiger partial charge in [0, 0.05) is 17.9 Å². The van der Waals surface area contributed by atoms with Gasteiger partial charge in [0.2, 0.25) is 0 Å². The zero-order valence-corrected chi connectivity index (χ0v) is 11.2. The lowest BCUT2D eigenvalue weighted by Crippen LogP contribution is -2.15. The van der Waals surface area contributed by atoms with E-state index in [-0.39, 0.29) is 16.7 Å². The molecule has 1 aromatic rings. The fourth-order valence-corrected chi connectivity index (χ4v) is 3.16. The first-order valence-electron chi connectivity index (χ1n) is 5.74. The first-order valence-corrected chi connectivity index (χ1v) is 7.63. The predicted octanol–water partition coefficient (Wildman–Crippen LogP) is 1.66. The molecule has 18 heavy (non-hydrogen) atoms. The van der Waals surface area contributed by atoms with Crippen LogP contribution in [-0.4, -0.2) is 28.3 Å². The van der Waals surface area contributed by atoms with Crippen LogP contribution in [0.25, 0.3) is 0 Å². The molecule has 1 aliphatic heterocycles. The lowest BCUT2D eigenvalue weighted by molar-refractivity contribution is 0.389. The molecule has 1 heterocycles. The number of benzene rings is 1. The lowest BCUT2D eigenvalue weighted by atomic mass is 10.0. The Balaban J connectivity index is 2.61. The fraction of sp³-hybridized carbons (Fsp3) is 0.500. The molecular formula is C12H16FNO3S. The normalized spacial score (nSPS) is 20.1. The first-order chi connectivity index (χ1) is 8.43. The Hall–Kier alpha value is -1.14. The van der Waals surface area contributed by atoms with E-state index in [0.717, 1.165) is 31.7 Å². The van der Waals surface area contributed by atoms with E-state index in [2.05, 4.69) is 5.32 Å². The molecule has 1 saturated heterocycles. The van der Waals surface area contributed by atoms with Crippen LogP contribution in [0.3, 0.4) is 0 Å². The van der Waals surface area contributed by atoms with E-state index in [0.29, 0.717) is 5.56 Å². The summed E-state index contributed by atoms with van der Waals surface area (Å²) >= 11 is 0. The zero-order chi connectivity index (χ0) is 13.3. The van der Waals surface area contributed by atoms with Crippen molar-refractivity contribution in [2.45, 2.75) is 23.8 Å². The molecular weight excluding hydrogens is 257 g/mol. The maximum Gasteiger partial charge on any atom is 0.179 e. The van der Waals surface area contributed by atoms with E-state index in [1.807, 2.05) is 0 Å². The van der Waals surface area contributed by atoms with Crippen molar-refractivity contribution in [2.75, 3.05) is 19.9 Å². The number of hydrogen-bond donors (Lipinski definition) is 1. The van der Waals surface area contributed by atoms with Crippen molar-refractivity contribution in [3.63, 3.8) is 0 Å². The van der Waals surface area contributed by atoms with Gasteiger partial charge >= 0.3 is 0 Å². The van der Waals surface area contributed by atoms with Crippen LogP contribution >= 0.6 is 0 Å². The minimum atomic E-state index is -3.51. The Bertz CT molecular complexity index is 551. The van der Waals surface area contributed by atoms with Crippen LogP contribution in [0, 0.1) is 5.82 Å². The van der Waals surface area contributed by atoms with Gasteiger partial charge in [-0.3, -0.25) is 0 Å². The molecule has 6 heteroatoms. The summed E-state index contributed by atoms with van der Waals surface area (Å²) in [6, 6.07) is 2.31. The van der Waals surface area contributed by atoms with Crippen molar-refractivity contribution in [1.29, 1.82) is 0 Å². The highest BCUT2D eigenvalue weighted by Gasteiger charge is 2.26. The van der Waals surface area contributed by atoms with Gasteiger partial charge in [0.05, 0.1) is 7.11 Å². The van der Waals surface area contributed by atoms with Gasteiger partial charge in [0.1, 0.15) is 16.5 Å². The van der Waals surface area contributed by atoms with Gasteiger partial charge in [0.25, 0.3) is 0 Å². The van der Waals surface area contributed by atoms with E-state index in [4.69, 9.17) is 4.74 Å². The van der Waals surface area contributed by atoms with Gasteiger partial charge in [-0.1, -0.05) is 0 Å². The quantitative estimate of drug-likeness (QED) is 0.910. The molecule has 1 fully saturated rings. The Morgan fingerprint density at radius 3 is 2.67 bits per heavy atom. The average Bonchev–Trinajstić information content (AvgIpc) is 2.80. The molecule has 0 saturated carbocycles. The second kappa shape index (κ2) is 4.85. The molecule has 2 rings (SSSR count). The summed E-state index contributed by atoms with van der Waals surface area (Å²) in [4.78, 5) is -0.0892. The summed E-state index contributed by atoms with van der Waals surface area (Å²) in [5.41, 5.74) is 0.579. The van der Waals surface area contributed by atoms with Gasteiger partial charge in [-0.05, 0) is 31.5 Å². The third-order valence-electron chi connectivity index (χ3n) is 3.09. The second-order valence-electron chi connectivity index (χ2n) is 4.45. The highest BCUT2D eigenvalue weighted by Crippen LogP contribution is 2.36. The van der Waals surface area contributed by atoms with Crippen LogP contribution in [-0.2, 0) is 9.84 Å². The van der Waals surface area contributed by atoms with Gasteiger partial charge < -0.3 is 10.1 Å². The van der Waals surface area contributed by atoms with Crippen LogP contribution < -0.4 is 10.1 Å². The molecule has 1 aromatic carbocycles. The van der Waals surface area contributed by atoms with Crippen molar-refractivity contribution < 1.29 is 17.5 Å². The van der Waals surface area contributed by atoms with E-state index < -0.39 is 15.7 Å². The molecule has 1 N–H and O–H groups in total. The van der Waals surface area contributed by atoms with E-state index in [1.54, 1.807) is 0 Å². The topological polar surface area (TPSA) is 55.4 Å². The molecule has 100 valence electrons. The van der Waals surface area contributed by atoms with E-state index >= 15 is 0 Å². The summed E-state index contributed by atoms with van der Waals surface area (Å²) in [5, 5.41) is 3.21. The molecule has 0 aliphatic carbocycles. The van der Waals surface area contributed by atoms with Crippen molar-refractivity contribution >= 4 is 9.84 Å². The van der Waals surface area contributed by atoms with Gasteiger partial charge in [-0.2, -0.15) is 0 Å². The Morgan fingerprint density at radius 1 is 1.44 bits per heavy atom. The number of ether oxygens (including phenoxy) is 1. The molecule has 0 amide bonds. The molecule has 0 bridgehead atoms. The average molecular weight is 273 g/mol. The van der Waals surface area contributed by atoms with Crippen molar-refractivity contribution in [1.82, 2.24) is 5.32 Å². The Morgan fingerprint density at radius 2 is 2.17 bits per heavy atom. The number of methoxy groups -OCH3 is 1. The van der Waals surface area contributed by atoms with E-state index in [9.17, 15) is 12.8 Å². The predicted molar refractivity (Wildman–Crippen MR) is 66.0 cm³/mol. The standard InChI is InChI=1S/C12H16FNO3S/c1-17-12-9(10-4-3-5-14-10)6-8(13)7-11(12)18(2,15)16/h6-7,10,14H,3-5H2,1-2H3. The highest BCUT2D eigenvalue weighted by molar-refractivity contribution is 7.90.